The molecule has 0 saturated carbocycles. The molecular weight excluding hydrogens is 262 g/mol. The van der Waals surface area contributed by atoms with Crippen molar-refractivity contribution in [2.45, 2.75) is 45.1 Å². The molecule has 1 saturated heterocycles. The molecule has 3 rings (SSSR count). The maximum absolute atomic E-state index is 12.2. The Labute approximate surface area is 124 Å². The molecule has 4 heteroatoms. The van der Waals surface area contributed by atoms with E-state index < -0.39 is 0 Å². The summed E-state index contributed by atoms with van der Waals surface area (Å²) >= 11 is 0. The van der Waals surface area contributed by atoms with Crippen molar-refractivity contribution in [2.75, 3.05) is 0 Å². The highest BCUT2D eigenvalue weighted by molar-refractivity contribution is 5.86. The maximum Gasteiger partial charge on any atom is 0.249 e. The number of hydrogen-bond donors (Lipinski definition) is 1. The second-order valence-electron chi connectivity index (χ2n) is 6.76. The van der Waals surface area contributed by atoms with Crippen LogP contribution in [-0.2, 0) is 10.2 Å². The number of amides is 1. The van der Waals surface area contributed by atoms with Crippen LogP contribution in [0.2, 0.25) is 0 Å². The molecule has 1 aromatic carbocycles. The summed E-state index contributed by atoms with van der Waals surface area (Å²) in [7, 11) is 0. The highest BCUT2D eigenvalue weighted by atomic mass is 16.2. The van der Waals surface area contributed by atoms with E-state index >= 15 is 0 Å². The number of carbonyl (C=O) groups excluding carboxylic acids is 1. The molecule has 1 aliphatic heterocycles. The molecule has 0 bridgehead atoms. The van der Waals surface area contributed by atoms with Crippen molar-refractivity contribution in [1.29, 1.82) is 0 Å². The van der Waals surface area contributed by atoms with Crippen LogP contribution in [0.1, 0.15) is 45.2 Å². The van der Waals surface area contributed by atoms with Crippen LogP contribution in [0.5, 0.6) is 0 Å². The van der Waals surface area contributed by atoms with E-state index in [9.17, 15) is 4.79 Å². The average molecular weight is 283 g/mol. The zero-order chi connectivity index (χ0) is 15.2. The van der Waals surface area contributed by atoms with E-state index in [2.05, 4.69) is 56.0 Å². The van der Waals surface area contributed by atoms with Gasteiger partial charge in [0.1, 0.15) is 6.04 Å². The minimum Gasteiger partial charge on any atom is -0.329 e. The number of aromatic nitrogens is 2. The Kier molecular flexibility index (Phi) is 3.12. The number of nitrogens with one attached hydrogen (secondary N) is 1. The Morgan fingerprint density at radius 3 is 2.81 bits per heavy atom. The molecular formula is C17H21N3O. The predicted molar refractivity (Wildman–Crippen MR) is 84.0 cm³/mol. The van der Waals surface area contributed by atoms with E-state index in [0.29, 0.717) is 0 Å². The van der Waals surface area contributed by atoms with Gasteiger partial charge in [0.05, 0.1) is 11.7 Å². The number of piperidine rings is 1. The smallest absolute Gasteiger partial charge is 0.249 e. The minimum atomic E-state index is -0.247. The number of nitrogens with zero attached hydrogens (tertiary/aromatic N) is 2. The van der Waals surface area contributed by atoms with Gasteiger partial charge in [0.2, 0.25) is 5.91 Å². The van der Waals surface area contributed by atoms with Crippen LogP contribution in [0, 0.1) is 0 Å². The monoisotopic (exact) mass is 283 g/mol. The van der Waals surface area contributed by atoms with Crippen molar-refractivity contribution < 1.29 is 4.79 Å². The molecule has 0 spiro atoms. The Balaban J connectivity index is 2.07. The summed E-state index contributed by atoms with van der Waals surface area (Å²) < 4.78 is 1.85. The fourth-order valence-corrected chi connectivity index (χ4v) is 2.75. The molecule has 2 heterocycles. The summed E-state index contributed by atoms with van der Waals surface area (Å²) in [5.41, 5.74) is 3.14. The van der Waals surface area contributed by atoms with Crippen LogP contribution in [0.4, 0.5) is 0 Å². The Bertz CT molecular complexity index is 721. The molecule has 4 nitrogen and oxygen atoms in total. The number of rotatable bonds is 1. The quantitative estimate of drug-likeness (QED) is 0.873. The molecule has 2 aromatic rings. The number of carbonyl (C=O) groups is 1. The van der Waals surface area contributed by atoms with Crippen LogP contribution in [0.3, 0.4) is 0 Å². The molecule has 1 aromatic heterocycles. The minimum absolute atomic E-state index is 0.0163. The zero-order valence-corrected chi connectivity index (χ0v) is 12.8. The van der Waals surface area contributed by atoms with Gasteiger partial charge in [-0.1, -0.05) is 39.5 Å². The Morgan fingerprint density at radius 2 is 2.14 bits per heavy atom. The van der Waals surface area contributed by atoms with Crippen LogP contribution < -0.4 is 5.32 Å². The first-order valence-electron chi connectivity index (χ1n) is 7.32. The standard InChI is InChI=1S/C17H21N3O/c1-11-5-8-14(16(21)19-11)20-15-9-13(17(2,3)4)7-6-12(15)10-18-20/h6-7,9-10,14H,1,5,8H2,2-4H3,(H,19,21). The molecule has 1 amide bonds. The molecule has 110 valence electrons. The van der Waals surface area contributed by atoms with Crippen molar-refractivity contribution in [3.05, 3.63) is 42.2 Å². The second-order valence-corrected chi connectivity index (χ2v) is 6.76. The van der Waals surface area contributed by atoms with Crippen LogP contribution in [0.25, 0.3) is 10.9 Å². The summed E-state index contributed by atoms with van der Waals surface area (Å²) in [5.74, 6) is -0.0163. The average Bonchev–Trinajstić information content (AvgIpc) is 2.80. The third-order valence-electron chi connectivity index (χ3n) is 4.08. The first-order chi connectivity index (χ1) is 9.86. The van der Waals surface area contributed by atoms with E-state index in [0.717, 1.165) is 29.4 Å². The van der Waals surface area contributed by atoms with Gasteiger partial charge in [-0.15, -0.1) is 0 Å². The molecule has 1 atom stereocenters. The maximum atomic E-state index is 12.2. The fourth-order valence-electron chi connectivity index (χ4n) is 2.75. The van der Waals surface area contributed by atoms with Crippen molar-refractivity contribution in [3.63, 3.8) is 0 Å². The van der Waals surface area contributed by atoms with Gasteiger partial charge in [0, 0.05) is 11.1 Å². The van der Waals surface area contributed by atoms with E-state index in [1.54, 1.807) is 0 Å². The van der Waals surface area contributed by atoms with Crippen LogP contribution >= 0.6 is 0 Å². The lowest BCUT2D eigenvalue weighted by Crippen LogP contribution is -2.36. The molecule has 1 fully saturated rings. The van der Waals surface area contributed by atoms with Crippen molar-refractivity contribution in [1.82, 2.24) is 15.1 Å². The first-order valence-corrected chi connectivity index (χ1v) is 7.32. The zero-order valence-electron chi connectivity index (χ0n) is 12.8. The van der Waals surface area contributed by atoms with E-state index in [1.807, 2.05) is 10.9 Å². The highest BCUT2D eigenvalue weighted by Gasteiger charge is 2.27. The summed E-state index contributed by atoms with van der Waals surface area (Å²) in [5, 5.41) is 8.35. The third kappa shape index (κ3) is 2.46. The summed E-state index contributed by atoms with van der Waals surface area (Å²) in [6.45, 7) is 10.4. The van der Waals surface area contributed by atoms with Gasteiger partial charge >= 0.3 is 0 Å². The number of hydrogen-bond acceptors (Lipinski definition) is 2. The van der Waals surface area contributed by atoms with Crippen LogP contribution in [0.15, 0.2) is 36.7 Å². The predicted octanol–water partition coefficient (Wildman–Crippen LogP) is 3.30. The van der Waals surface area contributed by atoms with Gasteiger partial charge in [0.25, 0.3) is 0 Å². The van der Waals surface area contributed by atoms with E-state index in [1.165, 1.54) is 5.56 Å². The second kappa shape index (κ2) is 4.72. The SMILES string of the molecule is C=C1CCC(n2ncc3ccc(C(C)(C)C)cc32)C(=O)N1. The third-order valence-corrected chi connectivity index (χ3v) is 4.08. The largest absolute Gasteiger partial charge is 0.329 e. The van der Waals surface area contributed by atoms with Crippen molar-refractivity contribution in [3.8, 4) is 0 Å². The van der Waals surface area contributed by atoms with E-state index in [-0.39, 0.29) is 17.4 Å². The highest BCUT2D eigenvalue weighted by Crippen LogP contribution is 2.29. The molecule has 1 unspecified atom stereocenters. The van der Waals surface area contributed by atoms with E-state index in [4.69, 9.17) is 0 Å². The Morgan fingerprint density at radius 1 is 1.38 bits per heavy atom. The molecule has 21 heavy (non-hydrogen) atoms. The number of allylic oxidation sites excluding steroid dienone is 1. The lowest BCUT2D eigenvalue weighted by molar-refractivity contribution is -0.125. The van der Waals surface area contributed by atoms with Crippen LogP contribution in [-0.4, -0.2) is 15.7 Å². The Hall–Kier alpha value is -2.10. The van der Waals surface area contributed by atoms with Gasteiger partial charge in [-0.05, 0) is 29.9 Å². The van der Waals surface area contributed by atoms with Gasteiger partial charge in [-0.25, -0.2) is 0 Å². The summed E-state index contributed by atoms with van der Waals surface area (Å²) in [6, 6.07) is 6.12. The fraction of sp³-hybridized carbons (Fsp3) is 0.412. The van der Waals surface area contributed by atoms with Gasteiger partial charge in [0.15, 0.2) is 0 Å². The lowest BCUT2D eigenvalue weighted by atomic mass is 9.86. The van der Waals surface area contributed by atoms with Gasteiger partial charge in [-0.2, -0.15) is 5.10 Å². The molecule has 0 radical (unpaired) electrons. The normalized spacial score (nSPS) is 19.9. The van der Waals surface area contributed by atoms with Crippen molar-refractivity contribution >= 4 is 16.8 Å². The molecule has 0 aliphatic carbocycles. The van der Waals surface area contributed by atoms with Gasteiger partial charge in [-0.3, -0.25) is 9.48 Å². The molecule has 1 aliphatic rings. The van der Waals surface area contributed by atoms with Gasteiger partial charge < -0.3 is 5.32 Å². The number of benzene rings is 1. The topological polar surface area (TPSA) is 46.9 Å². The number of fused-ring (bicyclic) bond motifs is 1. The van der Waals surface area contributed by atoms with Crippen molar-refractivity contribution in [2.24, 2.45) is 0 Å². The summed E-state index contributed by atoms with van der Waals surface area (Å²) in [4.78, 5) is 12.2. The first kappa shape index (κ1) is 13.9. The lowest BCUT2D eigenvalue weighted by Gasteiger charge is -2.25. The molecule has 1 N–H and O–H groups in total. The summed E-state index contributed by atoms with van der Waals surface area (Å²) in [6.07, 6.45) is 3.39.